The molecule has 0 saturated heterocycles. The molecule has 1 amide bonds. The zero-order valence-electron chi connectivity index (χ0n) is 15.9. The molecule has 0 saturated carbocycles. The fourth-order valence-electron chi connectivity index (χ4n) is 2.35. The Morgan fingerprint density at radius 2 is 1.64 bits per heavy atom. The van der Waals surface area contributed by atoms with Crippen LogP contribution in [0.5, 0.6) is 11.5 Å². The quantitative estimate of drug-likeness (QED) is 0.557. The molecule has 2 rings (SSSR count). The number of ketones is 1. The Morgan fingerprint density at radius 3 is 2.18 bits per heavy atom. The first kappa shape index (κ1) is 21.2. The summed E-state index contributed by atoms with van der Waals surface area (Å²) in [6.45, 7) is 2.90. The molecule has 0 aromatic heterocycles. The van der Waals surface area contributed by atoms with E-state index in [1.165, 1.54) is 40.2 Å². The number of methoxy groups -OCH3 is 2. The summed E-state index contributed by atoms with van der Waals surface area (Å²) >= 11 is 6.08. The van der Waals surface area contributed by atoms with Crippen LogP contribution in [0.15, 0.2) is 36.4 Å². The molecule has 0 spiro atoms. The minimum absolute atomic E-state index is 0.0752. The highest BCUT2D eigenvalue weighted by atomic mass is 35.5. The summed E-state index contributed by atoms with van der Waals surface area (Å²) in [6.07, 6.45) is -1.06. The fraction of sp³-hybridized carbons (Fsp3) is 0.250. The molecule has 1 unspecified atom stereocenters. The molecule has 0 aliphatic heterocycles. The molecule has 0 fully saturated rings. The van der Waals surface area contributed by atoms with Crippen LogP contribution in [0.4, 0.5) is 5.69 Å². The first-order chi connectivity index (χ1) is 13.3. The van der Waals surface area contributed by atoms with Gasteiger partial charge in [-0.15, -0.1) is 0 Å². The maximum absolute atomic E-state index is 12.4. The molecule has 2 aromatic rings. The average molecular weight is 406 g/mol. The summed E-state index contributed by atoms with van der Waals surface area (Å²) in [6, 6.07) is 9.17. The monoisotopic (exact) mass is 405 g/mol. The lowest BCUT2D eigenvalue weighted by atomic mass is 10.1. The Kier molecular flexibility index (Phi) is 7.00. The van der Waals surface area contributed by atoms with E-state index in [1.54, 1.807) is 24.3 Å². The lowest BCUT2D eigenvalue weighted by molar-refractivity contribution is -0.123. The number of rotatable bonds is 7. The topological polar surface area (TPSA) is 90.9 Å². The summed E-state index contributed by atoms with van der Waals surface area (Å²) in [7, 11) is 2.84. The lowest BCUT2D eigenvalue weighted by Crippen LogP contribution is -2.30. The zero-order valence-corrected chi connectivity index (χ0v) is 16.6. The van der Waals surface area contributed by atoms with Crippen molar-refractivity contribution in [2.75, 3.05) is 19.5 Å². The highest BCUT2D eigenvalue weighted by molar-refractivity contribution is 6.32. The van der Waals surface area contributed by atoms with E-state index in [2.05, 4.69) is 5.32 Å². The second kappa shape index (κ2) is 9.23. The largest absolute Gasteiger partial charge is 0.493 e. The smallest absolute Gasteiger partial charge is 0.339 e. The molecule has 0 heterocycles. The first-order valence-corrected chi connectivity index (χ1v) is 8.69. The maximum atomic E-state index is 12.4. The van der Waals surface area contributed by atoms with Gasteiger partial charge in [0, 0.05) is 11.3 Å². The van der Waals surface area contributed by atoms with Gasteiger partial charge in [0.2, 0.25) is 0 Å². The number of hydrogen-bond acceptors (Lipinski definition) is 6. The first-order valence-electron chi connectivity index (χ1n) is 8.31. The number of amides is 1. The molecule has 148 valence electrons. The van der Waals surface area contributed by atoms with Crippen LogP contribution in [-0.2, 0) is 9.53 Å². The van der Waals surface area contributed by atoms with E-state index in [4.69, 9.17) is 25.8 Å². The molecule has 0 radical (unpaired) electrons. The maximum Gasteiger partial charge on any atom is 0.339 e. The van der Waals surface area contributed by atoms with Gasteiger partial charge in [0.15, 0.2) is 23.4 Å². The lowest BCUT2D eigenvalue weighted by Gasteiger charge is -2.15. The normalized spacial score (nSPS) is 11.3. The number of benzene rings is 2. The van der Waals surface area contributed by atoms with Crippen LogP contribution in [0.1, 0.15) is 34.6 Å². The Balaban J connectivity index is 2.06. The van der Waals surface area contributed by atoms with Crippen LogP contribution in [0, 0.1) is 0 Å². The zero-order chi connectivity index (χ0) is 20.8. The summed E-state index contributed by atoms with van der Waals surface area (Å²) in [5.41, 5.74) is 1.13. The van der Waals surface area contributed by atoms with Gasteiger partial charge in [-0.2, -0.15) is 0 Å². The van der Waals surface area contributed by atoms with Gasteiger partial charge in [-0.05, 0) is 50.2 Å². The van der Waals surface area contributed by atoms with Crippen LogP contribution in [0.25, 0.3) is 0 Å². The van der Waals surface area contributed by atoms with E-state index in [0.717, 1.165) is 0 Å². The molecular formula is C20H20ClNO6. The third-order valence-corrected chi connectivity index (χ3v) is 4.16. The predicted octanol–water partition coefficient (Wildman–Crippen LogP) is 3.74. The standard InChI is InChI=1S/C20H20ClNO6/c1-11(23)13-5-7-15(8-6-13)22-19(24)12(2)28-20(25)14-9-16(21)18(27-4)17(10-14)26-3/h5-10,12H,1-4H3,(H,22,24). The van der Waals surface area contributed by atoms with Crippen molar-refractivity contribution < 1.29 is 28.6 Å². The molecule has 0 bridgehead atoms. The molecule has 28 heavy (non-hydrogen) atoms. The Labute approximate surface area is 167 Å². The van der Waals surface area contributed by atoms with Gasteiger partial charge in [-0.3, -0.25) is 9.59 Å². The van der Waals surface area contributed by atoms with E-state index in [0.29, 0.717) is 17.0 Å². The van der Waals surface area contributed by atoms with E-state index in [-0.39, 0.29) is 22.1 Å². The van der Waals surface area contributed by atoms with Crippen molar-refractivity contribution in [3.05, 3.63) is 52.5 Å². The molecule has 0 aliphatic carbocycles. The molecule has 2 aromatic carbocycles. The van der Waals surface area contributed by atoms with E-state index in [9.17, 15) is 14.4 Å². The van der Waals surface area contributed by atoms with Gasteiger partial charge < -0.3 is 19.5 Å². The Hall–Kier alpha value is -3.06. The van der Waals surface area contributed by atoms with Crippen LogP contribution in [-0.4, -0.2) is 38.0 Å². The number of esters is 1. The third kappa shape index (κ3) is 5.01. The fourth-order valence-corrected chi connectivity index (χ4v) is 2.64. The van der Waals surface area contributed by atoms with Gasteiger partial charge in [0.25, 0.3) is 5.91 Å². The summed E-state index contributed by atoms with van der Waals surface area (Å²) < 4.78 is 15.5. The van der Waals surface area contributed by atoms with E-state index in [1.807, 2.05) is 0 Å². The summed E-state index contributed by atoms with van der Waals surface area (Å²) in [5.74, 6) is -0.771. The SMILES string of the molecule is COc1cc(C(=O)OC(C)C(=O)Nc2ccc(C(C)=O)cc2)cc(Cl)c1OC. The molecule has 1 N–H and O–H groups in total. The van der Waals surface area contributed by atoms with Crippen molar-refractivity contribution in [2.24, 2.45) is 0 Å². The third-order valence-electron chi connectivity index (χ3n) is 3.88. The Bertz CT molecular complexity index is 894. The van der Waals surface area contributed by atoms with Gasteiger partial charge in [0.1, 0.15) is 0 Å². The van der Waals surface area contributed by atoms with Crippen LogP contribution >= 0.6 is 11.6 Å². The van der Waals surface area contributed by atoms with Crippen molar-refractivity contribution in [3.8, 4) is 11.5 Å². The molecular weight excluding hydrogens is 386 g/mol. The molecule has 7 nitrogen and oxygen atoms in total. The van der Waals surface area contributed by atoms with Gasteiger partial charge >= 0.3 is 5.97 Å². The predicted molar refractivity (Wildman–Crippen MR) is 105 cm³/mol. The van der Waals surface area contributed by atoms with Crippen LogP contribution in [0.2, 0.25) is 5.02 Å². The number of anilines is 1. The number of Topliss-reactive ketones (excluding diaryl/α,β-unsaturated/α-hetero) is 1. The van der Waals surface area contributed by atoms with Crippen molar-refractivity contribution >= 4 is 34.9 Å². The van der Waals surface area contributed by atoms with Crippen LogP contribution in [0.3, 0.4) is 0 Å². The highest BCUT2D eigenvalue weighted by Gasteiger charge is 2.21. The van der Waals surface area contributed by atoms with E-state index < -0.39 is 18.0 Å². The number of carbonyl (C=O) groups excluding carboxylic acids is 3. The second-order valence-corrected chi connectivity index (χ2v) is 6.27. The molecule has 1 atom stereocenters. The van der Waals surface area contributed by atoms with Crippen molar-refractivity contribution in [1.29, 1.82) is 0 Å². The second-order valence-electron chi connectivity index (χ2n) is 5.86. The minimum Gasteiger partial charge on any atom is -0.493 e. The minimum atomic E-state index is -1.06. The van der Waals surface area contributed by atoms with Crippen molar-refractivity contribution in [1.82, 2.24) is 0 Å². The highest BCUT2D eigenvalue weighted by Crippen LogP contribution is 2.36. The van der Waals surface area contributed by atoms with Crippen LogP contribution < -0.4 is 14.8 Å². The number of nitrogens with one attached hydrogen (secondary N) is 1. The van der Waals surface area contributed by atoms with Crippen molar-refractivity contribution in [2.45, 2.75) is 20.0 Å². The van der Waals surface area contributed by atoms with Gasteiger partial charge in [-0.1, -0.05) is 11.6 Å². The summed E-state index contributed by atoms with van der Waals surface area (Å²) in [4.78, 5) is 35.9. The Morgan fingerprint density at radius 1 is 1.00 bits per heavy atom. The number of halogens is 1. The van der Waals surface area contributed by atoms with Gasteiger partial charge in [0.05, 0.1) is 24.8 Å². The number of ether oxygens (including phenoxy) is 3. The van der Waals surface area contributed by atoms with Crippen molar-refractivity contribution in [3.63, 3.8) is 0 Å². The number of carbonyl (C=O) groups is 3. The average Bonchev–Trinajstić information content (AvgIpc) is 2.67. The summed E-state index contributed by atoms with van der Waals surface area (Å²) in [5, 5.41) is 2.80. The number of hydrogen-bond donors (Lipinski definition) is 1. The van der Waals surface area contributed by atoms with E-state index >= 15 is 0 Å². The molecule has 8 heteroatoms. The molecule has 0 aliphatic rings. The van der Waals surface area contributed by atoms with Gasteiger partial charge in [-0.25, -0.2) is 4.79 Å².